The molecule has 0 saturated carbocycles. The number of benzene rings is 1. The highest BCUT2D eigenvalue weighted by Gasteiger charge is 2.41. The fourth-order valence-electron chi connectivity index (χ4n) is 2.88. The third-order valence-electron chi connectivity index (χ3n) is 3.97. The van der Waals surface area contributed by atoms with Crippen LogP contribution in [0.3, 0.4) is 0 Å². The van der Waals surface area contributed by atoms with E-state index in [2.05, 4.69) is 5.32 Å². The molecule has 1 aromatic heterocycles. The van der Waals surface area contributed by atoms with Gasteiger partial charge in [-0.05, 0) is 17.0 Å². The Morgan fingerprint density at radius 2 is 1.87 bits per heavy atom. The van der Waals surface area contributed by atoms with Crippen LogP contribution in [0.2, 0.25) is 0 Å². The number of nitrogens with one attached hydrogen (secondary N) is 1. The lowest BCUT2D eigenvalue weighted by Crippen LogP contribution is -2.11. The molecule has 23 heavy (non-hydrogen) atoms. The van der Waals surface area contributed by atoms with Crippen LogP contribution >= 0.6 is 11.3 Å². The predicted molar refractivity (Wildman–Crippen MR) is 84.1 cm³/mol. The summed E-state index contributed by atoms with van der Waals surface area (Å²) in [5, 5.41) is 4.29. The van der Waals surface area contributed by atoms with Crippen LogP contribution in [0.5, 0.6) is 0 Å². The zero-order valence-electron chi connectivity index (χ0n) is 12.3. The summed E-state index contributed by atoms with van der Waals surface area (Å²) in [5.74, 6) is -0.690. The lowest BCUT2D eigenvalue weighted by molar-refractivity contribution is -0.137. The van der Waals surface area contributed by atoms with Gasteiger partial charge in [-0.3, -0.25) is 4.79 Å². The fraction of sp³-hybridized carbons (Fsp3) is 0.235. The Balaban J connectivity index is 2.05. The number of halogens is 3. The van der Waals surface area contributed by atoms with E-state index in [4.69, 9.17) is 0 Å². The van der Waals surface area contributed by atoms with Gasteiger partial charge in [0.1, 0.15) is 0 Å². The highest BCUT2D eigenvalue weighted by molar-refractivity contribution is 7.11. The molecule has 0 spiro atoms. The molecule has 1 heterocycles. The van der Waals surface area contributed by atoms with Crippen molar-refractivity contribution in [1.29, 1.82) is 0 Å². The first-order chi connectivity index (χ1) is 10.9. The summed E-state index contributed by atoms with van der Waals surface area (Å²) in [6, 6.07) is 10.2. The van der Waals surface area contributed by atoms with E-state index in [1.807, 2.05) is 30.3 Å². The zero-order chi connectivity index (χ0) is 16.6. The molecule has 2 aromatic rings. The van der Waals surface area contributed by atoms with Crippen LogP contribution in [-0.4, -0.2) is 12.8 Å². The minimum atomic E-state index is -4.47. The Labute approximate surface area is 135 Å². The summed E-state index contributed by atoms with van der Waals surface area (Å²) in [7, 11) is 1.64. The second kappa shape index (κ2) is 5.85. The largest absolute Gasteiger partial charge is 0.417 e. The minimum absolute atomic E-state index is 0.00489. The van der Waals surface area contributed by atoms with Gasteiger partial charge in [0.05, 0.1) is 21.9 Å². The molecule has 1 atom stereocenters. The van der Waals surface area contributed by atoms with E-state index >= 15 is 0 Å². The average Bonchev–Trinajstić information content (AvgIpc) is 3.11. The van der Waals surface area contributed by atoms with Crippen LogP contribution in [0.25, 0.3) is 5.57 Å². The average molecular weight is 337 g/mol. The molecule has 0 radical (unpaired) electrons. The summed E-state index contributed by atoms with van der Waals surface area (Å²) in [6.45, 7) is 0. The first-order valence-electron chi connectivity index (χ1n) is 7.08. The van der Waals surface area contributed by atoms with E-state index in [9.17, 15) is 18.0 Å². The molecule has 3 rings (SSSR count). The molecule has 120 valence electrons. The van der Waals surface area contributed by atoms with Gasteiger partial charge in [-0.2, -0.15) is 13.2 Å². The first-order valence-corrected chi connectivity index (χ1v) is 7.96. The van der Waals surface area contributed by atoms with Gasteiger partial charge in [0.15, 0.2) is 5.78 Å². The number of rotatable bonds is 3. The van der Waals surface area contributed by atoms with Gasteiger partial charge in [0.2, 0.25) is 0 Å². The van der Waals surface area contributed by atoms with Crippen molar-refractivity contribution in [2.45, 2.75) is 18.5 Å². The molecule has 0 fully saturated rings. The van der Waals surface area contributed by atoms with Crippen molar-refractivity contribution in [1.82, 2.24) is 5.32 Å². The maximum absolute atomic E-state index is 13.2. The highest BCUT2D eigenvalue weighted by atomic mass is 32.1. The van der Waals surface area contributed by atoms with Gasteiger partial charge < -0.3 is 5.32 Å². The van der Waals surface area contributed by atoms with E-state index < -0.39 is 17.7 Å². The van der Waals surface area contributed by atoms with Crippen molar-refractivity contribution < 1.29 is 18.0 Å². The van der Waals surface area contributed by atoms with Gasteiger partial charge in [-0.25, -0.2) is 0 Å². The normalized spacial score (nSPS) is 18.6. The quantitative estimate of drug-likeness (QED) is 0.896. The minimum Gasteiger partial charge on any atom is -0.391 e. The summed E-state index contributed by atoms with van der Waals surface area (Å²) in [6.07, 6.45) is -4.07. The van der Waals surface area contributed by atoms with Crippen molar-refractivity contribution >= 4 is 22.7 Å². The lowest BCUT2D eigenvalue weighted by Gasteiger charge is -2.11. The maximum atomic E-state index is 13.2. The number of hydrogen-bond donors (Lipinski definition) is 1. The van der Waals surface area contributed by atoms with Crippen LogP contribution in [-0.2, 0) is 11.0 Å². The third kappa shape index (κ3) is 2.79. The van der Waals surface area contributed by atoms with E-state index in [1.54, 1.807) is 7.05 Å². The maximum Gasteiger partial charge on any atom is 0.417 e. The van der Waals surface area contributed by atoms with Crippen LogP contribution in [0.15, 0.2) is 47.5 Å². The van der Waals surface area contributed by atoms with Crippen molar-refractivity contribution in [3.63, 3.8) is 0 Å². The number of carbonyl (C=O) groups excluding carboxylic acids is 1. The standard InChI is InChI=1S/C17H14F3NOS/c1-21-13-9-11(10-5-3-2-4-6-10)15(22)14(13)16-12(7-8-23-16)17(18,19)20/h2-8,11,21H,9H2,1H3. The van der Waals surface area contributed by atoms with Crippen molar-refractivity contribution in [3.8, 4) is 0 Å². The predicted octanol–water partition coefficient (Wildman–Crippen LogP) is 4.45. The number of alkyl halides is 3. The molecule has 0 aliphatic heterocycles. The summed E-state index contributed by atoms with van der Waals surface area (Å²) in [5.41, 5.74) is 0.818. The van der Waals surface area contributed by atoms with E-state index in [1.165, 1.54) is 5.38 Å². The lowest BCUT2D eigenvalue weighted by atomic mass is 9.94. The molecule has 1 aromatic carbocycles. The molecule has 6 heteroatoms. The molecule has 0 saturated heterocycles. The fourth-order valence-corrected chi connectivity index (χ4v) is 3.87. The smallest absolute Gasteiger partial charge is 0.391 e. The van der Waals surface area contributed by atoms with E-state index in [0.29, 0.717) is 12.1 Å². The summed E-state index contributed by atoms with van der Waals surface area (Å²) in [4.78, 5) is 12.8. The highest BCUT2D eigenvalue weighted by Crippen LogP contribution is 2.45. The molecular weight excluding hydrogens is 323 g/mol. The molecule has 1 aliphatic carbocycles. The Bertz CT molecular complexity index is 762. The van der Waals surface area contributed by atoms with Gasteiger partial charge in [-0.15, -0.1) is 11.3 Å². The van der Waals surface area contributed by atoms with Crippen LogP contribution < -0.4 is 5.32 Å². The topological polar surface area (TPSA) is 29.1 Å². The van der Waals surface area contributed by atoms with Gasteiger partial charge in [0, 0.05) is 19.2 Å². The molecule has 0 bridgehead atoms. The number of hydrogen-bond acceptors (Lipinski definition) is 3. The van der Waals surface area contributed by atoms with Gasteiger partial charge >= 0.3 is 6.18 Å². The number of carbonyl (C=O) groups is 1. The number of Topliss-reactive ketones (excluding diaryl/α,β-unsaturated/α-hetero) is 1. The van der Waals surface area contributed by atoms with Crippen molar-refractivity contribution in [2.75, 3.05) is 7.05 Å². The Hall–Kier alpha value is -2.08. The Morgan fingerprint density at radius 3 is 2.48 bits per heavy atom. The monoisotopic (exact) mass is 337 g/mol. The Kier molecular flexibility index (Phi) is 4.02. The molecular formula is C17H14F3NOS. The molecule has 1 N–H and O–H groups in total. The summed E-state index contributed by atoms with van der Waals surface area (Å²) < 4.78 is 39.5. The van der Waals surface area contributed by atoms with Gasteiger partial charge in [0.25, 0.3) is 0 Å². The SMILES string of the molecule is CNC1=C(c2sccc2C(F)(F)F)C(=O)C(c2ccccc2)C1. The first kappa shape index (κ1) is 15.8. The van der Waals surface area contributed by atoms with Crippen LogP contribution in [0.1, 0.15) is 28.3 Å². The molecule has 2 nitrogen and oxygen atoms in total. The Morgan fingerprint density at radius 1 is 1.17 bits per heavy atom. The van der Waals surface area contributed by atoms with Crippen LogP contribution in [0.4, 0.5) is 13.2 Å². The van der Waals surface area contributed by atoms with Crippen molar-refractivity contribution in [2.24, 2.45) is 0 Å². The van der Waals surface area contributed by atoms with Crippen LogP contribution in [0, 0.1) is 0 Å². The second-order valence-electron chi connectivity index (χ2n) is 5.30. The molecule has 1 unspecified atom stereocenters. The number of ketones is 1. The second-order valence-corrected chi connectivity index (χ2v) is 6.21. The number of thiophene rings is 1. The number of allylic oxidation sites excluding steroid dienone is 2. The third-order valence-corrected chi connectivity index (χ3v) is 4.91. The van der Waals surface area contributed by atoms with Crippen molar-refractivity contribution in [3.05, 3.63) is 63.5 Å². The summed E-state index contributed by atoms with van der Waals surface area (Å²) >= 11 is 0.955. The molecule has 0 amide bonds. The van der Waals surface area contributed by atoms with E-state index in [0.717, 1.165) is 23.0 Å². The zero-order valence-corrected chi connectivity index (χ0v) is 13.1. The van der Waals surface area contributed by atoms with E-state index in [-0.39, 0.29) is 16.2 Å². The van der Waals surface area contributed by atoms with Gasteiger partial charge in [-0.1, -0.05) is 30.3 Å². The molecule has 1 aliphatic rings.